The summed E-state index contributed by atoms with van der Waals surface area (Å²) in [5.41, 5.74) is 7.25. The minimum atomic E-state index is -0.995. The van der Waals surface area contributed by atoms with E-state index >= 15 is 0 Å². The molecular formula is C11H13N3O2. The second-order valence-corrected chi connectivity index (χ2v) is 3.80. The number of carbonyl (C=O) groups is 1. The molecule has 0 saturated carbocycles. The molecule has 5 nitrogen and oxygen atoms in total. The van der Waals surface area contributed by atoms with E-state index in [1.165, 1.54) is 0 Å². The van der Waals surface area contributed by atoms with E-state index in [0.29, 0.717) is 0 Å². The zero-order valence-electron chi connectivity index (χ0n) is 8.84. The molecule has 0 bridgehead atoms. The van der Waals surface area contributed by atoms with Crippen LogP contribution in [0.5, 0.6) is 0 Å². The van der Waals surface area contributed by atoms with Gasteiger partial charge >= 0.3 is 5.97 Å². The van der Waals surface area contributed by atoms with Crippen LogP contribution in [0, 0.1) is 0 Å². The number of aromatic nitrogens is 2. The highest BCUT2D eigenvalue weighted by atomic mass is 16.4. The first-order valence-electron chi connectivity index (χ1n) is 5.01. The highest BCUT2D eigenvalue weighted by Crippen LogP contribution is 2.25. The molecule has 5 heteroatoms. The minimum Gasteiger partial charge on any atom is -0.480 e. The molecule has 0 fully saturated rings. The van der Waals surface area contributed by atoms with Crippen LogP contribution >= 0.6 is 0 Å². The van der Waals surface area contributed by atoms with Crippen molar-refractivity contribution in [2.24, 2.45) is 5.73 Å². The van der Waals surface area contributed by atoms with Gasteiger partial charge in [-0.3, -0.25) is 4.79 Å². The fourth-order valence-electron chi connectivity index (χ4n) is 1.76. The van der Waals surface area contributed by atoms with Crippen LogP contribution in [0.15, 0.2) is 24.5 Å². The van der Waals surface area contributed by atoms with E-state index in [9.17, 15) is 4.79 Å². The van der Waals surface area contributed by atoms with E-state index in [1.807, 2.05) is 12.1 Å². The van der Waals surface area contributed by atoms with Crippen LogP contribution in [0.2, 0.25) is 0 Å². The predicted molar refractivity (Wildman–Crippen MR) is 60.1 cm³/mol. The molecule has 0 aliphatic heterocycles. The molecule has 0 radical (unpaired) electrons. The predicted octanol–water partition coefficient (Wildman–Crippen LogP) is 1.08. The van der Waals surface area contributed by atoms with E-state index in [-0.39, 0.29) is 5.92 Å². The lowest BCUT2D eigenvalue weighted by molar-refractivity contribution is -0.138. The summed E-state index contributed by atoms with van der Waals surface area (Å²) in [5, 5.41) is 9.80. The molecule has 4 N–H and O–H groups in total. The number of nitrogens with two attached hydrogens (primary N) is 1. The standard InChI is InChI=1S/C11H13N3O2/c1-6(9(12)11(15)16)8-5-14-10-7(8)3-2-4-13-10/h2-6,9H,12H2,1H3,(H,13,14)(H,15,16)/t6?,9-/m0/s1. The minimum absolute atomic E-state index is 0.254. The SMILES string of the molecule is CC(c1c[nH]c2ncccc12)[C@H](N)C(=O)O. The summed E-state index contributed by atoms with van der Waals surface area (Å²) in [6, 6.07) is 2.82. The number of nitrogens with zero attached hydrogens (tertiary/aromatic N) is 1. The Hall–Kier alpha value is -1.88. The van der Waals surface area contributed by atoms with Crippen molar-refractivity contribution in [1.29, 1.82) is 0 Å². The molecule has 0 spiro atoms. The number of carboxylic acid groups (broad SMARTS) is 1. The lowest BCUT2D eigenvalue weighted by Crippen LogP contribution is -2.35. The second-order valence-electron chi connectivity index (χ2n) is 3.80. The number of rotatable bonds is 3. The first kappa shape index (κ1) is 10.6. The van der Waals surface area contributed by atoms with Crippen molar-refractivity contribution >= 4 is 17.0 Å². The Labute approximate surface area is 92.3 Å². The van der Waals surface area contributed by atoms with Crippen LogP contribution in [0.1, 0.15) is 18.4 Å². The van der Waals surface area contributed by atoms with E-state index in [1.54, 1.807) is 19.3 Å². The first-order valence-corrected chi connectivity index (χ1v) is 5.01. The number of pyridine rings is 1. The van der Waals surface area contributed by atoms with Crippen LogP contribution in [-0.4, -0.2) is 27.1 Å². The first-order chi connectivity index (χ1) is 7.61. The number of H-pyrrole nitrogens is 1. The number of hydrogen-bond donors (Lipinski definition) is 3. The number of hydrogen-bond acceptors (Lipinski definition) is 3. The normalized spacial score (nSPS) is 14.9. The molecule has 0 aromatic carbocycles. The van der Waals surface area contributed by atoms with Crippen molar-refractivity contribution in [3.63, 3.8) is 0 Å². The average molecular weight is 219 g/mol. The molecule has 2 aromatic heterocycles. The lowest BCUT2D eigenvalue weighted by Gasteiger charge is -2.14. The van der Waals surface area contributed by atoms with Crippen molar-refractivity contribution in [1.82, 2.24) is 9.97 Å². The van der Waals surface area contributed by atoms with E-state index < -0.39 is 12.0 Å². The van der Waals surface area contributed by atoms with E-state index in [4.69, 9.17) is 10.8 Å². The number of aromatic amines is 1. The van der Waals surface area contributed by atoms with Gasteiger partial charge in [-0.05, 0) is 17.7 Å². The van der Waals surface area contributed by atoms with Gasteiger partial charge in [-0.15, -0.1) is 0 Å². The molecule has 2 atom stereocenters. The summed E-state index contributed by atoms with van der Waals surface area (Å²) in [6.07, 6.45) is 3.45. The fourth-order valence-corrected chi connectivity index (χ4v) is 1.76. The Bertz CT molecular complexity index is 521. The van der Waals surface area contributed by atoms with Crippen LogP contribution in [0.25, 0.3) is 11.0 Å². The van der Waals surface area contributed by atoms with Gasteiger partial charge in [0.2, 0.25) is 0 Å². The molecule has 2 heterocycles. The highest BCUT2D eigenvalue weighted by molar-refractivity contribution is 5.82. The van der Waals surface area contributed by atoms with Gasteiger partial charge in [0.1, 0.15) is 11.7 Å². The van der Waals surface area contributed by atoms with Crippen LogP contribution < -0.4 is 5.73 Å². The summed E-state index contributed by atoms with van der Waals surface area (Å²) >= 11 is 0. The molecule has 2 rings (SSSR count). The van der Waals surface area contributed by atoms with Gasteiger partial charge in [0.25, 0.3) is 0 Å². The van der Waals surface area contributed by atoms with Crippen molar-refractivity contribution < 1.29 is 9.90 Å². The maximum atomic E-state index is 10.8. The zero-order valence-corrected chi connectivity index (χ0v) is 8.84. The number of nitrogens with one attached hydrogen (secondary N) is 1. The molecule has 0 aliphatic carbocycles. The molecule has 0 amide bonds. The average Bonchev–Trinajstić information content (AvgIpc) is 2.70. The summed E-state index contributed by atoms with van der Waals surface area (Å²) in [5.74, 6) is -1.25. The molecule has 0 aliphatic rings. The van der Waals surface area contributed by atoms with Gasteiger partial charge in [0.05, 0.1) is 0 Å². The molecule has 2 aromatic rings. The largest absolute Gasteiger partial charge is 0.480 e. The molecular weight excluding hydrogens is 206 g/mol. The fraction of sp³-hybridized carbons (Fsp3) is 0.273. The Kier molecular flexibility index (Phi) is 2.62. The summed E-state index contributed by atoms with van der Waals surface area (Å²) < 4.78 is 0. The van der Waals surface area contributed by atoms with Gasteiger partial charge in [-0.2, -0.15) is 0 Å². The van der Waals surface area contributed by atoms with Crippen LogP contribution in [0.3, 0.4) is 0 Å². The number of aliphatic carboxylic acids is 1. The van der Waals surface area contributed by atoms with Gasteiger partial charge in [0, 0.05) is 23.7 Å². The van der Waals surface area contributed by atoms with Gasteiger partial charge in [0.15, 0.2) is 0 Å². The smallest absolute Gasteiger partial charge is 0.321 e. The van der Waals surface area contributed by atoms with Crippen molar-refractivity contribution in [2.75, 3.05) is 0 Å². The van der Waals surface area contributed by atoms with Gasteiger partial charge in [-0.25, -0.2) is 4.98 Å². The Morgan fingerprint density at radius 1 is 1.62 bits per heavy atom. The monoisotopic (exact) mass is 219 g/mol. The maximum absolute atomic E-state index is 10.8. The number of fused-ring (bicyclic) bond motifs is 1. The van der Waals surface area contributed by atoms with Crippen LogP contribution in [0.4, 0.5) is 0 Å². The Balaban J connectivity index is 2.44. The summed E-state index contributed by atoms with van der Waals surface area (Å²) in [4.78, 5) is 18.0. The zero-order chi connectivity index (χ0) is 11.7. The Morgan fingerprint density at radius 3 is 3.06 bits per heavy atom. The second kappa shape index (κ2) is 3.94. The third-order valence-electron chi connectivity index (χ3n) is 2.80. The van der Waals surface area contributed by atoms with Crippen molar-refractivity contribution in [3.8, 4) is 0 Å². The third kappa shape index (κ3) is 1.65. The highest BCUT2D eigenvalue weighted by Gasteiger charge is 2.23. The maximum Gasteiger partial charge on any atom is 0.321 e. The Morgan fingerprint density at radius 2 is 2.38 bits per heavy atom. The molecule has 0 saturated heterocycles. The lowest BCUT2D eigenvalue weighted by atomic mass is 9.94. The van der Waals surface area contributed by atoms with Crippen molar-refractivity contribution in [3.05, 3.63) is 30.1 Å². The molecule has 1 unspecified atom stereocenters. The summed E-state index contributed by atoms with van der Waals surface area (Å²) in [6.45, 7) is 1.80. The summed E-state index contributed by atoms with van der Waals surface area (Å²) in [7, 11) is 0. The van der Waals surface area contributed by atoms with E-state index in [2.05, 4.69) is 9.97 Å². The van der Waals surface area contributed by atoms with E-state index in [0.717, 1.165) is 16.6 Å². The van der Waals surface area contributed by atoms with Crippen molar-refractivity contribution in [2.45, 2.75) is 18.9 Å². The number of carboxylic acids is 1. The van der Waals surface area contributed by atoms with Gasteiger partial charge in [-0.1, -0.05) is 6.92 Å². The topological polar surface area (TPSA) is 92.0 Å². The third-order valence-corrected chi connectivity index (χ3v) is 2.80. The molecule has 16 heavy (non-hydrogen) atoms. The van der Waals surface area contributed by atoms with Gasteiger partial charge < -0.3 is 15.8 Å². The quantitative estimate of drug-likeness (QED) is 0.720. The molecule has 84 valence electrons. The van der Waals surface area contributed by atoms with Crippen LogP contribution in [-0.2, 0) is 4.79 Å².